The van der Waals surface area contributed by atoms with Gasteiger partial charge in [0, 0.05) is 42.4 Å². The second kappa shape index (κ2) is 12.9. The van der Waals surface area contributed by atoms with E-state index in [0.29, 0.717) is 24.3 Å². The maximum atomic E-state index is 15.8. The van der Waals surface area contributed by atoms with E-state index in [1.807, 2.05) is 25.1 Å². The van der Waals surface area contributed by atoms with Gasteiger partial charge in [0.25, 0.3) is 5.91 Å². The molecule has 0 radical (unpaired) electrons. The molecule has 4 rings (SSSR count). The van der Waals surface area contributed by atoms with Gasteiger partial charge in [-0.25, -0.2) is 0 Å². The second-order valence-electron chi connectivity index (χ2n) is 12.8. The first-order chi connectivity index (χ1) is 19.4. The Morgan fingerprint density at radius 1 is 1.29 bits per heavy atom. The summed E-state index contributed by atoms with van der Waals surface area (Å²) < 4.78 is 22.5. The summed E-state index contributed by atoms with van der Waals surface area (Å²) >= 11 is 0. The zero-order valence-electron chi connectivity index (χ0n) is 25.6. The van der Waals surface area contributed by atoms with E-state index in [0.717, 1.165) is 37.9 Å². The average Bonchev–Trinajstić information content (AvgIpc) is 3.34. The van der Waals surface area contributed by atoms with Crippen LogP contribution in [0.2, 0.25) is 18.6 Å². The van der Waals surface area contributed by atoms with Crippen LogP contribution >= 0.6 is 0 Å². The van der Waals surface area contributed by atoms with Crippen molar-refractivity contribution >= 4 is 31.6 Å². The highest BCUT2D eigenvalue weighted by molar-refractivity contribution is 6.72. The zero-order chi connectivity index (χ0) is 29.9. The van der Waals surface area contributed by atoms with Crippen LogP contribution in [0.25, 0.3) is 0 Å². The lowest BCUT2D eigenvalue weighted by Gasteiger charge is -2.31. The van der Waals surface area contributed by atoms with Gasteiger partial charge >= 0.3 is 0 Å². The Kier molecular flexibility index (Phi) is 9.94. The Labute approximate surface area is 245 Å². The highest BCUT2D eigenvalue weighted by Crippen LogP contribution is 2.60. The molecule has 1 aromatic carbocycles. The number of piperidine rings is 1. The number of aliphatic hydroxyl groups excluding tert-OH is 1. The molecule has 0 saturated carbocycles. The van der Waals surface area contributed by atoms with Crippen LogP contribution in [0, 0.1) is 11.8 Å². The summed E-state index contributed by atoms with van der Waals surface area (Å²) in [5.41, 5.74) is 2.66. The summed E-state index contributed by atoms with van der Waals surface area (Å²) in [6.45, 7) is 13.3. The highest BCUT2D eigenvalue weighted by Gasteiger charge is 2.66. The minimum Gasteiger partial charge on any atom is -0.396 e. The summed E-state index contributed by atoms with van der Waals surface area (Å²) in [5, 5.41) is 16.2. The Morgan fingerprint density at radius 3 is 2.68 bits per heavy atom. The molecule has 1 spiro atoms. The predicted molar refractivity (Wildman–Crippen MR) is 165 cm³/mol. The van der Waals surface area contributed by atoms with Crippen molar-refractivity contribution in [3.63, 3.8) is 0 Å². The summed E-state index contributed by atoms with van der Waals surface area (Å²) in [5.74, 6) is -0.784. The lowest BCUT2D eigenvalue weighted by Crippen LogP contribution is -2.45. The molecule has 41 heavy (non-hydrogen) atoms. The van der Waals surface area contributed by atoms with Gasteiger partial charge in [-0.05, 0) is 90.7 Å². The normalized spacial score (nSPS) is 28.2. The Balaban J connectivity index is 1.71. The smallest absolute Gasteiger partial charge is 0.264 e. The molecule has 2 fully saturated rings. The number of allylic oxidation sites excluding steroid dienone is 3. The van der Waals surface area contributed by atoms with Crippen molar-refractivity contribution in [2.45, 2.75) is 90.1 Å². The molecule has 7 nitrogen and oxygen atoms in total. The monoisotopic (exact) mass is 585 g/mol. The molecule has 3 aliphatic heterocycles. The number of fused-ring (bicyclic) bond motifs is 2. The van der Waals surface area contributed by atoms with Crippen LogP contribution in [0.15, 0.2) is 41.5 Å². The largest absolute Gasteiger partial charge is 0.396 e. The number of benzene rings is 1. The van der Waals surface area contributed by atoms with Gasteiger partial charge in [0.2, 0.25) is 14.3 Å². The van der Waals surface area contributed by atoms with Gasteiger partial charge in [0.15, 0.2) is 5.60 Å². The van der Waals surface area contributed by atoms with Gasteiger partial charge in [-0.2, -0.15) is 0 Å². The molecule has 0 aliphatic carbocycles. The van der Waals surface area contributed by atoms with Crippen LogP contribution in [-0.4, -0.2) is 57.7 Å². The van der Waals surface area contributed by atoms with Crippen LogP contribution in [0.1, 0.15) is 65.4 Å². The van der Waals surface area contributed by atoms with Gasteiger partial charge in [-0.3, -0.25) is 9.59 Å². The van der Waals surface area contributed by atoms with E-state index in [4.69, 9.17) is 4.74 Å². The lowest BCUT2D eigenvalue weighted by molar-refractivity contribution is -0.146. The third-order valence-electron chi connectivity index (χ3n) is 9.02. The first-order valence-electron chi connectivity index (χ1n) is 15.1. The molecule has 1 unspecified atom stereocenters. The molecule has 3 N–H and O–H groups in total. The van der Waals surface area contributed by atoms with E-state index in [1.54, 1.807) is 18.0 Å². The fourth-order valence-electron chi connectivity index (χ4n) is 6.96. The van der Waals surface area contributed by atoms with Crippen molar-refractivity contribution in [3.8, 4) is 0 Å². The molecule has 5 atom stereocenters. The number of aliphatic hydroxyl groups is 1. The Morgan fingerprint density at radius 2 is 2.05 bits per heavy atom. The number of halogens is 1. The number of amides is 2. The molecule has 2 amide bonds. The fourth-order valence-corrected chi connectivity index (χ4v) is 9.50. The Bertz CT molecular complexity index is 1190. The molecule has 3 aliphatic rings. The molecule has 9 heteroatoms. The van der Waals surface area contributed by atoms with Gasteiger partial charge in [0.05, 0.1) is 17.7 Å². The number of nitrogens with zero attached hydrogens (tertiary/aromatic N) is 1. The zero-order valence-corrected chi connectivity index (χ0v) is 26.6. The lowest BCUT2D eigenvalue weighted by atomic mass is 9.82. The van der Waals surface area contributed by atoms with Gasteiger partial charge in [0.1, 0.15) is 0 Å². The number of hydrogen-bond acceptors (Lipinski definition) is 5. The van der Waals surface area contributed by atoms with Crippen molar-refractivity contribution < 1.29 is 23.5 Å². The predicted octanol–water partition coefficient (Wildman–Crippen LogP) is 5.82. The first-order valence-corrected chi connectivity index (χ1v) is 18.1. The van der Waals surface area contributed by atoms with E-state index in [-0.39, 0.29) is 30.8 Å². The van der Waals surface area contributed by atoms with E-state index in [2.05, 4.69) is 43.6 Å². The molecule has 0 aromatic heterocycles. The summed E-state index contributed by atoms with van der Waals surface area (Å²) in [4.78, 5) is 29.2. The fraction of sp³-hybridized carbons (Fsp3) is 0.625. The number of carbonyl (C=O) groups is 2. The number of anilines is 2. The van der Waals surface area contributed by atoms with Crippen LogP contribution < -0.4 is 15.5 Å². The van der Waals surface area contributed by atoms with Crippen LogP contribution in [0.3, 0.4) is 0 Å². The molecule has 226 valence electrons. The molecular weight excluding hydrogens is 537 g/mol. The van der Waals surface area contributed by atoms with Crippen LogP contribution in [0.4, 0.5) is 15.5 Å². The summed E-state index contributed by atoms with van der Waals surface area (Å²) in [6, 6.07) is 5.58. The maximum Gasteiger partial charge on any atom is 0.264 e. The number of carbonyl (C=O) groups excluding carboxylic acids is 2. The standard InChI is InChI=1S/C32H48FN3O4Si/c1-21(2)9-7-10-22(3)14-17-36-27-13-12-25(35-30(38)24-11-8-16-34-20-24)19-26(27)32(31(36)39)23(4)29(41(5,6)33)28(40-32)15-18-37/h9,12-14,19,23-24,28-29,34,37H,7-8,10-11,15-18,20H2,1-6H3,(H,35,38)/b22-14+/t23-,24?,28+,29-,32+/m1/s1. The third kappa shape index (κ3) is 6.53. The van der Waals surface area contributed by atoms with E-state index in [1.165, 1.54) is 11.1 Å². The molecular formula is C32H48FN3O4Si. The van der Waals surface area contributed by atoms with E-state index >= 15 is 4.11 Å². The number of nitrogens with one attached hydrogen (secondary N) is 2. The first kappa shape index (κ1) is 31.6. The quantitative estimate of drug-likeness (QED) is 0.183. The topological polar surface area (TPSA) is 90.9 Å². The highest BCUT2D eigenvalue weighted by atomic mass is 28.4. The van der Waals surface area contributed by atoms with Crippen molar-refractivity contribution in [2.75, 3.05) is 36.5 Å². The summed E-state index contributed by atoms with van der Waals surface area (Å²) in [7, 11) is -3.28. The van der Waals surface area contributed by atoms with Gasteiger partial charge in [-0.1, -0.05) is 30.2 Å². The van der Waals surface area contributed by atoms with Crippen LogP contribution in [0.5, 0.6) is 0 Å². The second-order valence-corrected chi connectivity index (χ2v) is 16.6. The molecule has 1 aromatic rings. The SMILES string of the molecule is CC(C)=CCC/C(C)=C/CN1C(=O)[C@@]2(O[C@@H](CCO)[C@H]([Si](C)(C)F)[C@H]2C)c2cc(NC(=O)C3CCCNC3)ccc21. The van der Waals surface area contributed by atoms with Crippen molar-refractivity contribution in [2.24, 2.45) is 11.8 Å². The molecule has 0 bridgehead atoms. The average molecular weight is 586 g/mol. The van der Waals surface area contributed by atoms with Crippen LogP contribution in [-0.2, 0) is 19.9 Å². The Hall–Kier alpha value is -2.33. The molecule has 3 heterocycles. The number of ether oxygens (including phenoxy) is 1. The van der Waals surface area contributed by atoms with Crippen molar-refractivity contribution in [3.05, 3.63) is 47.1 Å². The van der Waals surface area contributed by atoms with Gasteiger partial charge in [-0.15, -0.1) is 0 Å². The maximum absolute atomic E-state index is 15.8. The number of rotatable bonds is 10. The third-order valence-corrected chi connectivity index (χ3v) is 11.5. The van der Waals surface area contributed by atoms with Crippen molar-refractivity contribution in [1.82, 2.24) is 5.32 Å². The molecule has 2 saturated heterocycles. The van der Waals surface area contributed by atoms with Gasteiger partial charge < -0.3 is 29.5 Å². The van der Waals surface area contributed by atoms with E-state index < -0.39 is 31.6 Å². The van der Waals surface area contributed by atoms with E-state index in [9.17, 15) is 14.7 Å². The minimum absolute atomic E-state index is 0.0453. The summed E-state index contributed by atoms with van der Waals surface area (Å²) in [6.07, 6.45) is 7.64. The number of hydrogen-bond donors (Lipinski definition) is 3. The van der Waals surface area contributed by atoms with Crippen molar-refractivity contribution in [1.29, 1.82) is 0 Å². The minimum atomic E-state index is -3.28.